The van der Waals surface area contributed by atoms with Crippen LogP contribution in [0.1, 0.15) is 51.3 Å². The average molecular weight is 383 g/mol. The van der Waals surface area contributed by atoms with E-state index in [1.165, 1.54) is 0 Å². The molecule has 0 aromatic heterocycles. The summed E-state index contributed by atoms with van der Waals surface area (Å²) in [5.74, 6) is 0.586. The summed E-state index contributed by atoms with van der Waals surface area (Å²) >= 11 is 0. The number of amides is 2. The third-order valence-corrected chi connectivity index (χ3v) is 4.08. The third-order valence-electron chi connectivity index (χ3n) is 4.08. The minimum absolute atomic E-state index is 0.0456. The second kappa shape index (κ2) is 10.5. The monoisotopic (exact) mass is 382 g/mol. The number of benzene rings is 2. The maximum atomic E-state index is 12.9. The highest BCUT2D eigenvalue weighted by Gasteiger charge is 2.23. The number of carbonyl (C=O) groups excluding carboxylic acids is 2. The Balaban J connectivity index is 2.12. The number of para-hydroxylation sites is 1. The minimum Gasteiger partial charge on any atom is -0.491 e. The number of hydrogen-bond donors (Lipinski definition) is 2. The molecule has 2 amide bonds. The van der Waals surface area contributed by atoms with E-state index in [0.717, 1.165) is 16.9 Å². The molecule has 0 saturated heterocycles. The number of hydrogen-bond acceptors (Lipinski definition) is 3. The fraction of sp³-hybridized carbons (Fsp3) is 0.391. The Morgan fingerprint density at radius 1 is 0.929 bits per heavy atom. The second-order valence-corrected chi connectivity index (χ2v) is 7.50. The van der Waals surface area contributed by atoms with Gasteiger partial charge in [-0.25, -0.2) is 0 Å². The van der Waals surface area contributed by atoms with E-state index in [0.29, 0.717) is 13.0 Å². The summed E-state index contributed by atoms with van der Waals surface area (Å²) < 4.78 is 5.81. The molecule has 28 heavy (non-hydrogen) atoms. The van der Waals surface area contributed by atoms with E-state index in [1.54, 1.807) is 0 Å². The van der Waals surface area contributed by atoms with Crippen molar-refractivity contribution in [3.63, 3.8) is 0 Å². The molecule has 0 spiro atoms. The summed E-state index contributed by atoms with van der Waals surface area (Å²) in [6.07, 6.45) is 0.422. The molecule has 0 heterocycles. The fourth-order valence-corrected chi connectivity index (χ4v) is 2.84. The summed E-state index contributed by atoms with van der Waals surface area (Å²) in [5, 5.41) is 5.80. The first-order valence-corrected chi connectivity index (χ1v) is 9.73. The van der Waals surface area contributed by atoms with Gasteiger partial charge in [-0.3, -0.25) is 9.59 Å². The van der Waals surface area contributed by atoms with Crippen molar-refractivity contribution in [1.29, 1.82) is 0 Å². The highest BCUT2D eigenvalue weighted by atomic mass is 16.5. The topological polar surface area (TPSA) is 67.4 Å². The molecule has 1 atom stereocenters. The lowest BCUT2D eigenvalue weighted by atomic mass is 10.0. The van der Waals surface area contributed by atoms with Gasteiger partial charge in [0.25, 0.3) is 0 Å². The second-order valence-electron chi connectivity index (χ2n) is 7.50. The standard InChI is InChI=1S/C23H30N2O3/c1-16(2)14-21(26)25-22(18-10-6-5-7-11-18)23(27)24-15-19-12-8-9-13-20(19)28-17(3)4/h5-13,16-17,22H,14-15H2,1-4H3,(H,24,27)(H,25,26). The predicted molar refractivity (Wildman–Crippen MR) is 111 cm³/mol. The van der Waals surface area contributed by atoms with Crippen molar-refractivity contribution in [2.45, 2.75) is 52.8 Å². The Hall–Kier alpha value is -2.82. The molecule has 2 N–H and O–H groups in total. The van der Waals surface area contributed by atoms with Crippen LogP contribution in [0.4, 0.5) is 0 Å². The van der Waals surface area contributed by atoms with Crippen LogP contribution in [0.2, 0.25) is 0 Å². The first-order chi connectivity index (χ1) is 13.4. The molecule has 5 heteroatoms. The lowest BCUT2D eigenvalue weighted by Gasteiger charge is -2.20. The van der Waals surface area contributed by atoms with Crippen molar-refractivity contribution in [2.24, 2.45) is 5.92 Å². The van der Waals surface area contributed by atoms with Crippen LogP contribution in [0, 0.1) is 5.92 Å². The maximum Gasteiger partial charge on any atom is 0.247 e. The zero-order valence-corrected chi connectivity index (χ0v) is 17.1. The van der Waals surface area contributed by atoms with E-state index in [4.69, 9.17) is 4.74 Å². The average Bonchev–Trinajstić information content (AvgIpc) is 2.65. The van der Waals surface area contributed by atoms with Crippen molar-refractivity contribution in [1.82, 2.24) is 10.6 Å². The smallest absolute Gasteiger partial charge is 0.247 e. The van der Waals surface area contributed by atoms with Gasteiger partial charge in [-0.05, 0) is 31.4 Å². The summed E-state index contributed by atoms with van der Waals surface area (Å²) in [6, 6.07) is 16.2. The van der Waals surface area contributed by atoms with Crippen LogP contribution < -0.4 is 15.4 Å². The molecular formula is C23H30N2O3. The van der Waals surface area contributed by atoms with E-state index in [2.05, 4.69) is 10.6 Å². The van der Waals surface area contributed by atoms with Gasteiger partial charge in [-0.1, -0.05) is 62.4 Å². The Morgan fingerprint density at radius 3 is 2.21 bits per heavy atom. The van der Waals surface area contributed by atoms with Crippen LogP contribution in [-0.4, -0.2) is 17.9 Å². The predicted octanol–water partition coefficient (Wildman–Crippen LogP) is 3.99. The van der Waals surface area contributed by atoms with Gasteiger partial charge >= 0.3 is 0 Å². The molecule has 0 aliphatic rings. The lowest BCUT2D eigenvalue weighted by Crippen LogP contribution is -2.40. The quantitative estimate of drug-likeness (QED) is 0.689. The van der Waals surface area contributed by atoms with Crippen molar-refractivity contribution < 1.29 is 14.3 Å². The Bertz CT molecular complexity index is 772. The van der Waals surface area contributed by atoms with Crippen molar-refractivity contribution in [2.75, 3.05) is 0 Å². The van der Waals surface area contributed by atoms with Gasteiger partial charge in [0.15, 0.2) is 0 Å². The van der Waals surface area contributed by atoms with Crippen LogP contribution in [0.3, 0.4) is 0 Å². The molecule has 0 saturated carbocycles. The number of nitrogens with one attached hydrogen (secondary N) is 2. The molecule has 0 aliphatic carbocycles. The summed E-state index contributed by atoms with van der Waals surface area (Å²) in [6.45, 7) is 8.20. The number of rotatable bonds is 9. The highest BCUT2D eigenvalue weighted by molar-refractivity contribution is 5.88. The van der Waals surface area contributed by atoms with Crippen molar-refractivity contribution in [3.8, 4) is 5.75 Å². The van der Waals surface area contributed by atoms with E-state index in [-0.39, 0.29) is 23.8 Å². The van der Waals surface area contributed by atoms with Gasteiger partial charge in [-0.15, -0.1) is 0 Å². The summed E-state index contributed by atoms with van der Waals surface area (Å²) in [4.78, 5) is 25.2. The van der Waals surface area contributed by atoms with Crippen molar-refractivity contribution >= 4 is 11.8 Å². The van der Waals surface area contributed by atoms with E-state index in [9.17, 15) is 9.59 Å². The van der Waals surface area contributed by atoms with E-state index < -0.39 is 6.04 Å². The van der Waals surface area contributed by atoms with Gasteiger partial charge in [0.1, 0.15) is 11.8 Å². The first kappa shape index (κ1) is 21.5. The van der Waals surface area contributed by atoms with Crippen LogP contribution in [0.5, 0.6) is 5.75 Å². The third kappa shape index (κ3) is 6.72. The fourth-order valence-electron chi connectivity index (χ4n) is 2.84. The Kier molecular flexibility index (Phi) is 8.05. The SMILES string of the molecule is CC(C)CC(=O)NC(C(=O)NCc1ccccc1OC(C)C)c1ccccc1. The molecule has 1 unspecified atom stereocenters. The van der Waals surface area contributed by atoms with Crippen LogP contribution >= 0.6 is 0 Å². The molecule has 0 fully saturated rings. The van der Waals surface area contributed by atoms with Gasteiger partial charge < -0.3 is 15.4 Å². The molecule has 5 nitrogen and oxygen atoms in total. The van der Waals surface area contributed by atoms with Gasteiger partial charge in [-0.2, -0.15) is 0 Å². The molecule has 150 valence electrons. The van der Waals surface area contributed by atoms with Crippen LogP contribution in [-0.2, 0) is 16.1 Å². The molecule has 0 radical (unpaired) electrons. The van der Waals surface area contributed by atoms with Gasteiger partial charge in [0.2, 0.25) is 11.8 Å². The Labute approximate surface area is 167 Å². The van der Waals surface area contributed by atoms with Gasteiger partial charge in [0.05, 0.1) is 6.10 Å². The molecule has 0 bridgehead atoms. The Morgan fingerprint density at radius 2 is 1.57 bits per heavy atom. The van der Waals surface area contributed by atoms with E-state index >= 15 is 0 Å². The van der Waals surface area contributed by atoms with Gasteiger partial charge in [0, 0.05) is 18.5 Å². The zero-order chi connectivity index (χ0) is 20.5. The molecule has 2 aromatic carbocycles. The van der Waals surface area contributed by atoms with E-state index in [1.807, 2.05) is 82.3 Å². The normalized spacial score (nSPS) is 11.9. The highest BCUT2D eigenvalue weighted by Crippen LogP contribution is 2.20. The molecule has 2 aromatic rings. The first-order valence-electron chi connectivity index (χ1n) is 9.73. The maximum absolute atomic E-state index is 12.9. The zero-order valence-electron chi connectivity index (χ0n) is 17.1. The minimum atomic E-state index is -0.731. The molecule has 2 rings (SSSR count). The summed E-state index contributed by atoms with van der Waals surface area (Å²) in [5.41, 5.74) is 1.65. The lowest BCUT2D eigenvalue weighted by molar-refractivity contribution is -0.129. The largest absolute Gasteiger partial charge is 0.491 e. The molecular weight excluding hydrogens is 352 g/mol. The summed E-state index contributed by atoms with van der Waals surface area (Å²) in [7, 11) is 0. The van der Waals surface area contributed by atoms with Crippen molar-refractivity contribution in [3.05, 3.63) is 65.7 Å². The molecule has 0 aliphatic heterocycles. The number of ether oxygens (including phenoxy) is 1. The van der Waals surface area contributed by atoms with Crippen LogP contribution in [0.25, 0.3) is 0 Å². The van der Waals surface area contributed by atoms with Crippen LogP contribution in [0.15, 0.2) is 54.6 Å². The number of carbonyl (C=O) groups is 2.